The highest BCUT2D eigenvalue weighted by Gasteiger charge is 2.15. The second kappa shape index (κ2) is 6.60. The van der Waals surface area contributed by atoms with Crippen LogP contribution in [0.3, 0.4) is 0 Å². The van der Waals surface area contributed by atoms with E-state index in [0.29, 0.717) is 20.7 Å². The number of nitrogens with two attached hydrogens (primary N) is 1. The van der Waals surface area contributed by atoms with Gasteiger partial charge in [0.25, 0.3) is 0 Å². The van der Waals surface area contributed by atoms with Gasteiger partial charge in [0.1, 0.15) is 0 Å². The molecule has 1 aromatic carbocycles. The fourth-order valence-electron chi connectivity index (χ4n) is 1.43. The lowest BCUT2D eigenvalue weighted by Gasteiger charge is -2.11. The van der Waals surface area contributed by atoms with Crippen LogP contribution in [0.4, 0.5) is 0 Å². The summed E-state index contributed by atoms with van der Waals surface area (Å²) in [7, 11) is -1.23. The van der Waals surface area contributed by atoms with Gasteiger partial charge in [0.2, 0.25) is 0 Å². The third-order valence-electron chi connectivity index (χ3n) is 2.17. The van der Waals surface area contributed by atoms with Crippen LogP contribution in [0, 0.1) is 0 Å². The van der Waals surface area contributed by atoms with Crippen molar-refractivity contribution in [2.75, 3.05) is 5.75 Å². The molecule has 2 atom stereocenters. The van der Waals surface area contributed by atoms with Gasteiger partial charge in [0, 0.05) is 11.8 Å². The summed E-state index contributed by atoms with van der Waals surface area (Å²) in [6.45, 7) is 2.05. The minimum atomic E-state index is -1.23. The van der Waals surface area contributed by atoms with Gasteiger partial charge in [0.15, 0.2) is 0 Å². The van der Waals surface area contributed by atoms with E-state index in [1.807, 2.05) is 6.92 Å². The Morgan fingerprint density at radius 1 is 1.38 bits per heavy atom. The van der Waals surface area contributed by atoms with E-state index in [1.165, 1.54) is 0 Å². The fourth-order valence-corrected chi connectivity index (χ4v) is 3.64. The lowest BCUT2D eigenvalue weighted by Crippen LogP contribution is -2.26. The molecule has 0 bridgehead atoms. The summed E-state index contributed by atoms with van der Waals surface area (Å²) in [5.41, 5.74) is 5.84. The average Bonchev–Trinajstić information content (AvgIpc) is 2.17. The lowest BCUT2D eigenvalue weighted by molar-refractivity contribution is 0.638. The molecule has 0 spiro atoms. The van der Waals surface area contributed by atoms with E-state index in [0.717, 1.165) is 12.8 Å². The molecule has 0 amide bonds. The molecule has 90 valence electrons. The fraction of sp³-hybridized carbons (Fsp3) is 0.455. The molecule has 2 nitrogen and oxygen atoms in total. The SMILES string of the molecule is CCCC(N)CS(=O)c1c(Cl)cccc1Cl. The summed E-state index contributed by atoms with van der Waals surface area (Å²) < 4.78 is 12.0. The summed E-state index contributed by atoms with van der Waals surface area (Å²) in [6.07, 6.45) is 1.84. The van der Waals surface area contributed by atoms with Crippen molar-refractivity contribution in [1.29, 1.82) is 0 Å². The van der Waals surface area contributed by atoms with E-state index >= 15 is 0 Å². The van der Waals surface area contributed by atoms with Gasteiger partial charge >= 0.3 is 0 Å². The first-order chi connectivity index (χ1) is 7.56. The van der Waals surface area contributed by atoms with Crippen molar-refractivity contribution in [3.63, 3.8) is 0 Å². The van der Waals surface area contributed by atoms with Crippen molar-refractivity contribution >= 4 is 34.0 Å². The van der Waals surface area contributed by atoms with Crippen LogP contribution in [0.2, 0.25) is 10.0 Å². The monoisotopic (exact) mass is 279 g/mol. The Morgan fingerprint density at radius 3 is 2.44 bits per heavy atom. The highest BCUT2D eigenvalue weighted by Crippen LogP contribution is 2.28. The summed E-state index contributed by atoms with van der Waals surface area (Å²) in [5, 5.41) is 0.879. The number of halogens is 2. The van der Waals surface area contributed by atoms with Crippen molar-refractivity contribution < 1.29 is 4.21 Å². The normalized spacial score (nSPS) is 14.8. The molecule has 0 saturated heterocycles. The van der Waals surface area contributed by atoms with Crippen molar-refractivity contribution in [3.8, 4) is 0 Å². The molecule has 0 aliphatic heterocycles. The van der Waals surface area contributed by atoms with Crippen LogP contribution in [0.25, 0.3) is 0 Å². The third kappa shape index (κ3) is 3.74. The number of rotatable bonds is 5. The van der Waals surface area contributed by atoms with Crippen LogP contribution in [-0.2, 0) is 10.8 Å². The van der Waals surface area contributed by atoms with Crippen LogP contribution in [0.1, 0.15) is 19.8 Å². The van der Waals surface area contributed by atoms with Gasteiger partial charge in [0.05, 0.1) is 25.7 Å². The van der Waals surface area contributed by atoms with Gasteiger partial charge in [-0.05, 0) is 18.6 Å². The molecule has 1 aromatic rings. The van der Waals surface area contributed by atoms with Crippen LogP contribution in [-0.4, -0.2) is 16.0 Å². The largest absolute Gasteiger partial charge is 0.327 e. The van der Waals surface area contributed by atoms with Crippen molar-refractivity contribution in [1.82, 2.24) is 0 Å². The van der Waals surface area contributed by atoms with E-state index < -0.39 is 10.8 Å². The first kappa shape index (κ1) is 14.0. The maximum absolute atomic E-state index is 12.0. The molecule has 5 heteroatoms. The summed E-state index contributed by atoms with van der Waals surface area (Å²) in [4.78, 5) is 0.498. The molecule has 16 heavy (non-hydrogen) atoms. The summed E-state index contributed by atoms with van der Waals surface area (Å²) in [5.74, 6) is 0.400. The van der Waals surface area contributed by atoms with E-state index in [4.69, 9.17) is 28.9 Å². The van der Waals surface area contributed by atoms with Crippen LogP contribution in [0.5, 0.6) is 0 Å². The first-order valence-electron chi connectivity index (χ1n) is 5.14. The second-order valence-corrected chi connectivity index (χ2v) is 5.86. The Kier molecular flexibility index (Phi) is 5.76. The smallest absolute Gasteiger partial charge is 0.0760 e. The van der Waals surface area contributed by atoms with Gasteiger partial charge < -0.3 is 5.73 Å². The average molecular weight is 280 g/mol. The van der Waals surface area contributed by atoms with E-state index in [1.54, 1.807) is 18.2 Å². The number of hydrogen-bond acceptors (Lipinski definition) is 2. The van der Waals surface area contributed by atoms with Crippen molar-refractivity contribution in [2.45, 2.75) is 30.7 Å². The predicted molar refractivity (Wildman–Crippen MR) is 70.6 cm³/mol. The van der Waals surface area contributed by atoms with Gasteiger partial charge in [-0.25, -0.2) is 0 Å². The van der Waals surface area contributed by atoms with Gasteiger partial charge in [-0.2, -0.15) is 0 Å². The van der Waals surface area contributed by atoms with E-state index in [2.05, 4.69) is 0 Å². The maximum Gasteiger partial charge on any atom is 0.0760 e. The maximum atomic E-state index is 12.0. The van der Waals surface area contributed by atoms with Crippen LogP contribution < -0.4 is 5.73 Å². The Morgan fingerprint density at radius 2 is 1.94 bits per heavy atom. The Hall–Kier alpha value is -0.0900. The molecule has 0 aliphatic carbocycles. The summed E-state index contributed by atoms with van der Waals surface area (Å²) in [6, 6.07) is 5.04. The Balaban J connectivity index is 2.80. The topological polar surface area (TPSA) is 43.1 Å². The molecular weight excluding hydrogens is 265 g/mol. The zero-order valence-corrected chi connectivity index (χ0v) is 11.4. The van der Waals surface area contributed by atoms with Gasteiger partial charge in [-0.3, -0.25) is 4.21 Å². The summed E-state index contributed by atoms with van der Waals surface area (Å²) >= 11 is 11.9. The Bertz CT molecular complexity index is 364. The molecule has 0 fully saturated rings. The molecule has 0 aliphatic rings. The van der Waals surface area contributed by atoms with Crippen LogP contribution >= 0.6 is 23.2 Å². The highest BCUT2D eigenvalue weighted by molar-refractivity contribution is 7.85. The second-order valence-electron chi connectivity index (χ2n) is 3.61. The molecule has 0 heterocycles. The van der Waals surface area contributed by atoms with Crippen molar-refractivity contribution in [3.05, 3.63) is 28.2 Å². The molecular formula is C11H15Cl2NOS. The molecule has 0 radical (unpaired) electrons. The van der Waals surface area contributed by atoms with Gasteiger partial charge in [-0.1, -0.05) is 42.6 Å². The number of hydrogen-bond donors (Lipinski definition) is 1. The third-order valence-corrected chi connectivity index (χ3v) is 4.65. The minimum Gasteiger partial charge on any atom is -0.327 e. The molecule has 2 N–H and O–H groups in total. The lowest BCUT2D eigenvalue weighted by atomic mass is 10.2. The van der Waals surface area contributed by atoms with Gasteiger partial charge in [-0.15, -0.1) is 0 Å². The van der Waals surface area contributed by atoms with Crippen molar-refractivity contribution in [2.24, 2.45) is 5.73 Å². The zero-order valence-electron chi connectivity index (χ0n) is 9.08. The molecule has 2 unspecified atom stereocenters. The quantitative estimate of drug-likeness (QED) is 0.899. The Labute approximate surface area is 109 Å². The predicted octanol–water partition coefficient (Wildman–Crippen LogP) is 3.23. The number of benzene rings is 1. The van der Waals surface area contributed by atoms with Crippen LogP contribution in [0.15, 0.2) is 23.1 Å². The van der Waals surface area contributed by atoms with E-state index in [9.17, 15) is 4.21 Å². The molecule has 1 rings (SSSR count). The standard InChI is InChI=1S/C11H15Cl2NOS/c1-2-4-8(14)7-16(15)11-9(12)5-3-6-10(11)13/h3,5-6,8H,2,4,7,14H2,1H3. The first-order valence-corrected chi connectivity index (χ1v) is 7.21. The highest BCUT2D eigenvalue weighted by atomic mass is 35.5. The molecule has 0 saturated carbocycles. The minimum absolute atomic E-state index is 0.0711. The van der Waals surface area contributed by atoms with E-state index in [-0.39, 0.29) is 6.04 Å². The zero-order chi connectivity index (χ0) is 12.1. The molecule has 0 aromatic heterocycles.